The Balaban J connectivity index is 2.20. The van der Waals surface area contributed by atoms with Gasteiger partial charge in [-0.3, -0.25) is 5.43 Å². The van der Waals surface area contributed by atoms with E-state index >= 15 is 0 Å². The van der Waals surface area contributed by atoms with Crippen LogP contribution >= 0.6 is 35.2 Å². The summed E-state index contributed by atoms with van der Waals surface area (Å²) in [5.74, 6) is 0. The second-order valence-electron chi connectivity index (χ2n) is 2.85. The fraction of sp³-hybridized carbons (Fsp3) is 0.333. The number of hydrazone groups is 1. The Kier molecular flexibility index (Phi) is 5.60. The zero-order valence-corrected chi connectivity index (χ0v) is 10.4. The largest absolute Gasteiger partial charge is 0.375 e. The molecular weight excluding hydrogens is 250 g/mol. The van der Waals surface area contributed by atoms with Crippen molar-refractivity contribution in [3.63, 3.8) is 0 Å². The molecule has 1 aromatic rings. The van der Waals surface area contributed by atoms with E-state index in [1.807, 2.05) is 17.5 Å². The van der Waals surface area contributed by atoms with E-state index in [1.165, 1.54) is 4.88 Å². The van der Waals surface area contributed by atoms with Crippen LogP contribution in [0.5, 0.6) is 0 Å². The molecule has 1 atom stereocenters. The maximum Gasteiger partial charge on any atom is 0.184 e. The van der Waals surface area contributed by atoms with Crippen LogP contribution in [-0.2, 0) is 0 Å². The molecule has 0 amide bonds. The molecule has 0 aliphatic heterocycles. The Morgan fingerprint density at radius 1 is 1.80 bits per heavy atom. The van der Waals surface area contributed by atoms with Crippen molar-refractivity contribution in [1.29, 1.82) is 0 Å². The molecular formula is C9H12ClN3S2. The lowest BCUT2D eigenvalue weighted by Gasteiger charge is -2.03. The molecule has 0 bridgehead atoms. The number of hydrogen-bond donors (Lipinski definition) is 2. The molecule has 82 valence electrons. The minimum atomic E-state index is 0.0567. The van der Waals surface area contributed by atoms with Crippen molar-refractivity contribution in [3.8, 4) is 0 Å². The molecule has 6 heteroatoms. The van der Waals surface area contributed by atoms with Crippen molar-refractivity contribution in [2.75, 3.05) is 0 Å². The Morgan fingerprint density at radius 2 is 2.60 bits per heavy atom. The summed E-state index contributed by atoms with van der Waals surface area (Å²) in [4.78, 5) is 1.19. The molecule has 1 unspecified atom stereocenters. The molecule has 1 rings (SSSR count). The lowest BCUT2D eigenvalue weighted by atomic mass is 10.2. The number of halogens is 1. The zero-order chi connectivity index (χ0) is 11.1. The average molecular weight is 262 g/mol. The summed E-state index contributed by atoms with van der Waals surface area (Å²) in [7, 11) is 0. The van der Waals surface area contributed by atoms with Gasteiger partial charge in [0, 0.05) is 11.1 Å². The smallest absolute Gasteiger partial charge is 0.184 e. The molecule has 0 aliphatic rings. The number of nitrogens with two attached hydrogens (primary N) is 1. The first kappa shape index (κ1) is 12.4. The molecule has 0 saturated heterocycles. The van der Waals surface area contributed by atoms with Gasteiger partial charge in [0.2, 0.25) is 0 Å². The van der Waals surface area contributed by atoms with Crippen molar-refractivity contribution >= 4 is 46.5 Å². The predicted molar refractivity (Wildman–Crippen MR) is 70.6 cm³/mol. The summed E-state index contributed by atoms with van der Waals surface area (Å²) in [6.45, 7) is 0. The molecule has 0 radical (unpaired) electrons. The predicted octanol–water partition coefficient (Wildman–Crippen LogP) is 2.63. The van der Waals surface area contributed by atoms with E-state index in [1.54, 1.807) is 17.6 Å². The molecule has 0 aromatic carbocycles. The van der Waals surface area contributed by atoms with Crippen LogP contribution in [0.15, 0.2) is 22.6 Å². The summed E-state index contributed by atoms with van der Waals surface area (Å²) in [5, 5.41) is 6.08. The fourth-order valence-electron chi connectivity index (χ4n) is 1.01. The second kappa shape index (κ2) is 6.76. The number of thiophene rings is 1. The van der Waals surface area contributed by atoms with Crippen LogP contribution in [-0.4, -0.2) is 11.3 Å². The molecule has 1 heterocycles. The first-order chi connectivity index (χ1) is 7.20. The van der Waals surface area contributed by atoms with Crippen LogP contribution in [0.2, 0.25) is 0 Å². The van der Waals surface area contributed by atoms with Crippen LogP contribution in [0.4, 0.5) is 0 Å². The van der Waals surface area contributed by atoms with Gasteiger partial charge in [0.25, 0.3) is 0 Å². The van der Waals surface area contributed by atoms with E-state index in [-0.39, 0.29) is 10.5 Å². The summed E-state index contributed by atoms with van der Waals surface area (Å²) in [5.41, 5.74) is 7.69. The molecule has 15 heavy (non-hydrogen) atoms. The van der Waals surface area contributed by atoms with Gasteiger partial charge < -0.3 is 5.73 Å². The highest BCUT2D eigenvalue weighted by Gasteiger charge is 2.06. The summed E-state index contributed by atoms with van der Waals surface area (Å²) < 4.78 is 0. The highest BCUT2D eigenvalue weighted by atomic mass is 35.5. The highest BCUT2D eigenvalue weighted by Crippen LogP contribution is 2.28. The van der Waals surface area contributed by atoms with Crippen molar-refractivity contribution in [2.45, 2.75) is 18.2 Å². The van der Waals surface area contributed by atoms with E-state index in [0.717, 1.165) is 12.8 Å². The van der Waals surface area contributed by atoms with Crippen LogP contribution in [0.25, 0.3) is 0 Å². The summed E-state index contributed by atoms with van der Waals surface area (Å²) >= 11 is 12.4. The quantitative estimate of drug-likeness (QED) is 0.371. The molecule has 0 fully saturated rings. The number of nitrogens with one attached hydrogen (secondary N) is 1. The Hall–Kier alpha value is -0.650. The number of hydrogen-bond acceptors (Lipinski definition) is 3. The van der Waals surface area contributed by atoms with E-state index in [9.17, 15) is 0 Å². The summed E-state index contributed by atoms with van der Waals surface area (Å²) in [6.07, 6.45) is 3.37. The van der Waals surface area contributed by atoms with Gasteiger partial charge in [-0.25, -0.2) is 0 Å². The van der Waals surface area contributed by atoms with Crippen LogP contribution in [0, 0.1) is 0 Å². The third kappa shape index (κ3) is 5.11. The lowest BCUT2D eigenvalue weighted by Crippen LogP contribution is -2.23. The first-order valence-electron chi connectivity index (χ1n) is 4.44. The van der Waals surface area contributed by atoms with Crippen molar-refractivity contribution < 1.29 is 0 Å². The van der Waals surface area contributed by atoms with Gasteiger partial charge in [0.05, 0.1) is 5.38 Å². The normalized spacial score (nSPS) is 12.9. The molecule has 3 N–H and O–H groups in total. The van der Waals surface area contributed by atoms with Gasteiger partial charge in [0.15, 0.2) is 5.11 Å². The van der Waals surface area contributed by atoms with E-state index in [4.69, 9.17) is 17.3 Å². The van der Waals surface area contributed by atoms with Crippen LogP contribution in [0.3, 0.4) is 0 Å². The minimum Gasteiger partial charge on any atom is -0.375 e. The Bertz CT molecular complexity index is 324. The van der Waals surface area contributed by atoms with E-state index < -0.39 is 0 Å². The van der Waals surface area contributed by atoms with Crippen LogP contribution in [0.1, 0.15) is 23.1 Å². The number of alkyl halides is 1. The topological polar surface area (TPSA) is 50.4 Å². The lowest BCUT2D eigenvalue weighted by molar-refractivity contribution is 0.849. The van der Waals surface area contributed by atoms with E-state index in [0.29, 0.717) is 0 Å². The molecule has 1 aromatic heterocycles. The third-order valence-corrected chi connectivity index (χ3v) is 3.33. The van der Waals surface area contributed by atoms with Gasteiger partial charge in [-0.05, 0) is 36.5 Å². The SMILES string of the molecule is NC(=S)NN=CCCC(Cl)c1cccs1. The molecule has 3 nitrogen and oxygen atoms in total. The van der Waals surface area contributed by atoms with E-state index in [2.05, 4.69) is 22.7 Å². The average Bonchev–Trinajstić information content (AvgIpc) is 2.69. The van der Waals surface area contributed by atoms with Crippen molar-refractivity contribution in [2.24, 2.45) is 10.8 Å². The maximum absolute atomic E-state index is 6.17. The van der Waals surface area contributed by atoms with Crippen LogP contribution < -0.4 is 11.2 Å². The second-order valence-corrected chi connectivity index (χ2v) is 4.79. The Morgan fingerprint density at radius 3 is 3.20 bits per heavy atom. The summed E-state index contributed by atoms with van der Waals surface area (Å²) in [6, 6.07) is 4.03. The molecule has 0 saturated carbocycles. The van der Waals surface area contributed by atoms with Gasteiger partial charge in [-0.15, -0.1) is 22.9 Å². The third-order valence-electron chi connectivity index (χ3n) is 1.67. The van der Waals surface area contributed by atoms with Gasteiger partial charge in [-0.2, -0.15) is 5.10 Å². The monoisotopic (exact) mass is 261 g/mol. The Labute approximate surface area is 103 Å². The van der Waals surface area contributed by atoms with Gasteiger partial charge in [-0.1, -0.05) is 6.07 Å². The van der Waals surface area contributed by atoms with Crippen molar-refractivity contribution in [3.05, 3.63) is 22.4 Å². The van der Waals surface area contributed by atoms with Crippen molar-refractivity contribution in [1.82, 2.24) is 5.43 Å². The minimum absolute atomic E-state index is 0.0567. The first-order valence-corrected chi connectivity index (χ1v) is 6.17. The number of thiocarbonyl (C=S) groups is 1. The van der Waals surface area contributed by atoms with Gasteiger partial charge >= 0.3 is 0 Å². The molecule has 0 spiro atoms. The standard InChI is InChI=1S/C9H12ClN3S2/c10-7(8-4-2-6-15-8)3-1-5-12-13-9(11)14/h2,4-7H,1,3H2,(H3,11,13,14). The number of nitrogens with zero attached hydrogens (tertiary/aromatic N) is 1. The molecule has 0 aliphatic carbocycles. The number of rotatable bonds is 5. The zero-order valence-electron chi connectivity index (χ0n) is 8.02. The maximum atomic E-state index is 6.17. The van der Waals surface area contributed by atoms with Gasteiger partial charge in [0.1, 0.15) is 0 Å². The fourth-order valence-corrected chi connectivity index (χ4v) is 2.15. The highest BCUT2D eigenvalue weighted by molar-refractivity contribution is 7.80.